The van der Waals surface area contributed by atoms with E-state index in [1.807, 2.05) is 0 Å². The van der Waals surface area contributed by atoms with E-state index in [0.717, 1.165) is 6.21 Å². The SMILES string of the molecule is O=C(O)C1(C(=O)O)C=NC(c2ccccn2)=CC1.[Cu]. The van der Waals surface area contributed by atoms with Crippen molar-refractivity contribution in [2.45, 2.75) is 6.42 Å². The van der Waals surface area contributed by atoms with E-state index in [1.165, 1.54) is 6.08 Å². The van der Waals surface area contributed by atoms with Crippen molar-refractivity contribution in [3.8, 4) is 0 Å². The van der Waals surface area contributed by atoms with Crippen LogP contribution in [0.5, 0.6) is 0 Å². The minimum Gasteiger partial charge on any atom is -0.480 e. The molecule has 6 nitrogen and oxygen atoms in total. The fourth-order valence-electron chi connectivity index (χ4n) is 1.60. The van der Waals surface area contributed by atoms with Crippen molar-refractivity contribution >= 4 is 23.9 Å². The summed E-state index contributed by atoms with van der Waals surface area (Å²) in [5.74, 6) is -2.84. The first-order valence-corrected chi connectivity index (χ1v) is 5.20. The number of hydrogen-bond acceptors (Lipinski definition) is 4. The van der Waals surface area contributed by atoms with E-state index in [9.17, 15) is 9.59 Å². The molecule has 7 heteroatoms. The third kappa shape index (κ3) is 2.72. The molecule has 0 saturated carbocycles. The largest absolute Gasteiger partial charge is 0.480 e. The number of aliphatic carboxylic acids is 2. The second-order valence-electron chi connectivity index (χ2n) is 3.85. The average molecular weight is 310 g/mol. The number of pyridine rings is 1. The van der Waals surface area contributed by atoms with Gasteiger partial charge in [-0.05, 0) is 18.6 Å². The average Bonchev–Trinajstić information content (AvgIpc) is 2.39. The molecule has 0 aliphatic carbocycles. The van der Waals surface area contributed by atoms with Crippen LogP contribution >= 0.6 is 0 Å². The van der Waals surface area contributed by atoms with Gasteiger partial charge in [-0.3, -0.25) is 19.6 Å². The quantitative estimate of drug-likeness (QED) is 0.642. The summed E-state index contributed by atoms with van der Waals surface area (Å²) in [7, 11) is 0. The van der Waals surface area contributed by atoms with Crippen molar-refractivity contribution in [3.63, 3.8) is 0 Å². The number of carboxylic acids is 2. The maximum Gasteiger partial charge on any atom is 0.326 e. The van der Waals surface area contributed by atoms with Crippen LogP contribution in [0.25, 0.3) is 5.70 Å². The van der Waals surface area contributed by atoms with Crippen LogP contribution < -0.4 is 0 Å². The van der Waals surface area contributed by atoms with Crippen LogP contribution in [0.15, 0.2) is 35.5 Å². The molecule has 1 radical (unpaired) electrons. The van der Waals surface area contributed by atoms with Crippen molar-refractivity contribution in [2.24, 2.45) is 10.4 Å². The molecule has 2 N–H and O–H groups in total. The number of aliphatic imine (C=N–C) groups is 1. The molecule has 0 saturated heterocycles. The monoisotopic (exact) mass is 309 g/mol. The second kappa shape index (κ2) is 5.77. The third-order valence-electron chi connectivity index (χ3n) is 2.73. The van der Waals surface area contributed by atoms with Gasteiger partial charge in [0.15, 0.2) is 0 Å². The summed E-state index contributed by atoms with van der Waals surface area (Å²) in [4.78, 5) is 30.1. The zero-order valence-corrected chi connectivity index (χ0v) is 10.5. The first kappa shape index (κ1) is 15.1. The topological polar surface area (TPSA) is 99.8 Å². The van der Waals surface area contributed by atoms with Crippen LogP contribution in [0, 0.1) is 5.41 Å². The zero-order chi connectivity index (χ0) is 13.2. The van der Waals surface area contributed by atoms with Crippen molar-refractivity contribution in [1.82, 2.24) is 4.98 Å². The molecular weight excluding hydrogens is 300 g/mol. The van der Waals surface area contributed by atoms with Crippen LogP contribution in [0.3, 0.4) is 0 Å². The maximum absolute atomic E-state index is 11.0. The Kier molecular flexibility index (Phi) is 4.58. The normalized spacial score (nSPS) is 16.1. The van der Waals surface area contributed by atoms with Crippen molar-refractivity contribution < 1.29 is 36.9 Å². The van der Waals surface area contributed by atoms with Gasteiger partial charge >= 0.3 is 11.9 Å². The van der Waals surface area contributed by atoms with Gasteiger partial charge in [0.25, 0.3) is 0 Å². The number of rotatable bonds is 3. The molecule has 2 heterocycles. The Balaban J connectivity index is 0.00000180. The van der Waals surface area contributed by atoms with E-state index in [-0.39, 0.29) is 23.5 Å². The van der Waals surface area contributed by atoms with Gasteiger partial charge in [0.2, 0.25) is 5.41 Å². The van der Waals surface area contributed by atoms with Crippen molar-refractivity contribution in [3.05, 3.63) is 36.2 Å². The summed E-state index contributed by atoms with van der Waals surface area (Å²) >= 11 is 0. The van der Waals surface area contributed by atoms with Gasteiger partial charge in [-0.25, -0.2) is 0 Å². The molecule has 0 amide bonds. The summed E-state index contributed by atoms with van der Waals surface area (Å²) in [6.45, 7) is 0. The number of carboxylic acid groups (broad SMARTS) is 2. The standard InChI is InChI=1S/C12H10N2O4.Cu/c15-10(16)12(11(17)18)5-4-9(14-7-12)8-3-1-2-6-13-8;/h1-4,6-7H,5H2,(H,15,16)(H,17,18);. The number of carbonyl (C=O) groups is 2. The zero-order valence-electron chi connectivity index (χ0n) is 9.58. The number of hydrogen-bond donors (Lipinski definition) is 2. The van der Waals surface area contributed by atoms with E-state index in [2.05, 4.69) is 9.98 Å². The van der Waals surface area contributed by atoms with Gasteiger partial charge in [-0.1, -0.05) is 12.1 Å². The van der Waals surface area contributed by atoms with E-state index in [4.69, 9.17) is 10.2 Å². The molecule has 0 bridgehead atoms. The molecular formula is C12H10CuN2O4. The van der Waals surface area contributed by atoms with E-state index >= 15 is 0 Å². The Bertz CT molecular complexity index is 540. The van der Waals surface area contributed by atoms with E-state index in [0.29, 0.717) is 11.4 Å². The fraction of sp³-hybridized carbons (Fsp3) is 0.167. The van der Waals surface area contributed by atoms with Gasteiger partial charge in [-0.2, -0.15) is 0 Å². The summed E-state index contributed by atoms with van der Waals surface area (Å²) < 4.78 is 0. The Morgan fingerprint density at radius 2 is 1.89 bits per heavy atom. The summed E-state index contributed by atoms with van der Waals surface area (Å²) in [6.07, 6.45) is 3.88. The predicted molar refractivity (Wildman–Crippen MR) is 63.0 cm³/mol. The van der Waals surface area contributed by atoms with Crippen LogP contribution in [0.2, 0.25) is 0 Å². The van der Waals surface area contributed by atoms with E-state index < -0.39 is 17.4 Å². The maximum atomic E-state index is 11.0. The Morgan fingerprint density at radius 3 is 2.32 bits per heavy atom. The fourth-order valence-corrected chi connectivity index (χ4v) is 1.60. The number of allylic oxidation sites excluding steroid dienone is 1. The van der Waals surface area contributed by atoms with Gasteiger partial charge in [0, 0.05) is 29.5 Å². The molecule has 1 aromatic rings. The molecule has 1 aliphatic rings. The second-order valence-corrected chi connectivity index (χ2v) is 3.85. The van der Waals surface area contributed by atoms with E-state index in [1.54, 1.807) is 24.4 Å². The van der Waals surface area contributed by atoms with Crippen LogP contribution in [-0.2, 0) is 26.7 Å². The Hall–Kier alpha value is -1.98. The molecule has 0 fully saturated rings. The number of aromatic nitrogens is 1. The smallest absolute Gasteiger partial charge is 0.326 e. The Morgan fingerprint density at radius 1 is 1.21 bits per heavy atom. The summed E-state index contributed by atoms with van der Waals surface area (Å²) in [5.41, 5.74) is -0.912. The van der Waals surface area contributed by atoms with Crippen LogP contribution in [0.4, 0.5) is 0 Å². The van der Waals surface area contributed by atoms with Gasteiger partial charge in [0.05, 0.1) is 11.4 Å². The molecule has 103 valence electrons. The Labute approximate surface area is 119 Å². The minimum absolute atomic E-state index is 0. The first-order valence-electron chi connectivity index (χ1n) is 5.20. The molecule has 19 heavy (non-hydrogen) atoms. The molecule has 1 aromatic heterocycles. The molecule has 0 spiro atoms. The minimum atomic E-state index is -1.97. The van der Waals surface area contributed by atoms with Gasteiger partial charge in [0.1, 0.15) is 0 Å². The summed E-state index contributed by atoms with van der Waals surface area (Å²) in [6, 6.07) is 5.24. The predicted octanol–water partition coefficient (Wildman–Crippen LogP) is 1.05. The van der Waals surface area contributed by atoms with Crippen LogP contribution in [0.1, 0.15) is 12.1 Å². The van der Waals surface area contributed by atoms with Gasteiger partial charge in [-0.15, -0.1) is 0 Å². The third-order valence-corrected chi connectivity index (χ3v) is 2.73. The molecule has 0 unspecified atom stereocenters. The summed E-state index contributed by atoms with van der Waals surface area (Å²) in [5, 5.41) is 18.0. The first-order chi connectivity index (χ1) is 8.56. The van der Waals surface area contributed by atoms with Gasteiger partial charge < -0.3 is 10.2 Å². The molecule has 1 aliphatic heterocycles. The number of nitrogens with zero attached hydrogens (tertiary/aromatic N) is 2. The molecule has 0 atom stereocenters. The van der Waals surface area contributed by atoms with Crippen LogP contribution in [-0.4, -0.2) is 33.4 Å². The van der Waals surface area contributed by atoms with Crippen molar-refractivity contribution in [1.29, 1.82) is 0 Å². The van der Waals surface area contributed by atoms with Crippen molar-refractivity contribution in [2.75, 3.05) is 0 Å². The molecule has 2 rings (SSSR count). The molecule has 0 aromatic carbocycles.